The van der Waals surface area contributed by atoms with Gasteiger partial charge in [0.1, 0.15) is 0 Å². The molecule has 1 aliphatic heterocycles. The molecule has 0 amide bonds. The van der Waals surface area contributed by atoms with Crippen LogP contribution in [0.5, 0.6) is 0 Å². The van der Waals surface area contributed by atoms with Crippen LogP contribution in [0.15, 0.2) is 11.2 Å². The third kappa shape index (κ3) is 3.46. The van der Waals surface area contributed by atoms with E-state index in [4.69, 9.17) is 5.73 Å². The van der Waals surface area contributed by atoms with E-state index in [1.165, 1.54) is 4.31 Å². The van der Waals surface area contributed by atoms with Crippen LogP contribution in [-0.2, 0) is 10.0 Å². The minimum atomic E-state index is -3.64. The number of sulfonamides is 1. The lowest BCUT2D eigenvalue weighted by atomic mass is 10.1. The Morgan fingerprint density at radius 2 is 1.90 bits per heavy atom. The number of piperidine rings is 1. The van der Waals surface area contributed by atoms with Crippen LogP contribution >= 0.6 is 12.4 Å². The van der Waals surface area contributed by atoms with E-state index >= 15 is 0 Å². The molecule has 1 atom stereocenters. The molecule has 2 N–H and O–H groups in total. The highest BCUT2D eigenvalue weighted by molar-refractivity contribution is 7.89. The van der Waals surface area contributed by atoms with Crippen molar-refractivity contribution in [3.63, 3.8) is 0 Å². The summed E-state index contributed by atoms with van der Waals surface area (Å²) in [7, 11) is -3.64. The quantitative estimate of drug-likeness (QED) is 0.840. The smallest absolute Gasteiger partial charge is 0.279 e. The van der Waals surface area contributed by atoms with Gasteiger partial charge in [-0.05, 0) is 32.8 Å². The number of rotatable bonds is 3. The normalized spacial score (nSPS) is 20.4. The van der Waals surface area contributed by atoms with Crippen molar-refractivity contribution in [1.82, 2.24) is 14.3 Å². The molecule has 8 heteroatoms. The highest BCUT2D eigenvalue weighted by Crippen LogP contribution is 2.23. The monoisotopic (exact) mass is 320 g/mol. The lowest BCUT2D eigenvalue weighted by Crippen LogP contribution is -2.47. The predicted molar refractivity (Wildman–Crippen MR) is 79.3 cm³/mol. The first-order valence-corrected chi connectivity index (χ1v) is 7.93. The summed E-state index contributed by atoms with van der Waals surface area (Å²) >= 11 is 0. The van der Waals surface area contributed by atoms with Crippen molar-refractivity contribution in [3.05, 3.63) is 17.5 Å². The summed E-state index contributed by atoms with van der Waals surface area (Å²) in [5, 5.41) is -0.106. The van der Waals surface area contributed by atoms with Gasteiger partial charge >= 0.3 is 0 Å². The lowest BCUT2D eigenvalue weighted by Gasteiger charge is -2.33. The molecular formula is C12H21ClN4O2S. The summed E-state index contributed by atoms with van der Waals surface area (Å²) in [5.41, 5.74) is 7.00. The number of hydrogen-bond donors (Lipinski definition) is 1. The van der Waals surface area contributed by atoms with Crippen molar-refractivity contribution >= 4 is 22.4 Å². The Hall–Kier alpha value is -0.760. The standard InChI is InChI=1S/C12H20N4O2S.ClH/c1-9-7-10(2)15-12(14-9)19(17,18)16-6-4-3-5-11(16)8-13;/h7,11H,3-6,8,13H2,1-2H3;1H. The number of aromatic nitrogens is 2. The first-order chi connectivity index (χ1) is 8.95. The second kappa shape index (κ2) is 6.80. The molecule has 0 radical (unpaired) electrons. The molecule has 1 unspecified atom stereocenters. The van der Waals surface area contributed by atoms with Crippen LogP contribution in [0.3, 0.4) is 0 Å². The second-order valence-corrected chi connectivity index (χ2v) is 6.72. The zero-order valence-corrected chi connectivity index (χ0v) is 13.4. The van der Waals surface area contributed by atoms with Crippen LogP contribution in [0.4, 0.5) is 0 Å². The second-order valence-electron chi connectivity index (χ2n) is 4.93. The summed E-state index contributed by atoms with van der Waals surface area (Å²) in [5.74, 6) is 0. The van der Waals surface area contributed by atoms with Crippen molar-refractivity contribution in [1.29, 1.82) is 0 Å². The molecular weight excluding hydrogens is 300 g/mol. The summed E-state index contributed by atoms with van der Waals surface area (Å²) in [6, 6.07) is 1.62. The highest BCUT2D eigenvalue weighted by atomic mass is 35.5. The molecule has 2 rings (SSSR count). The summed E-state index contributed by atoms with van der Waals surface area (Å²) in [6.07, 6.45) is 2.68. The average Bonchev–Trinajstić information content (AvgIpc) is 2.37. The Bertz CT molecular complexity index is 544. The molecule has 0 bridgehead atoms. The van der Waals surface area contributed by atoms with E-state index in [-0.39, 0.29) is 23.6 Å². The van der Waals surface area contributed by atoms with Crippen molar-refractivity contribution in [2.45, 2.75) is 44.3 Å². The van der Waals surface area contributed by atoms with Crippen LogP contribution < -0.4 is 5.73 Å². The van der Waals surface area contributed by atoms with Crippen LogP contribution in [0.2, 0.25) is 0 Å². The van der Waals surface area contributed by atoms with Gasteiger partial charge in [-0.3, -0.25) is 0 Å². The third-order valence-electron chi connectivity index (χ3n) is 3.35. The van der Waals surface area contributed by atoms with E-state index in [0.29, 0.717) is 24.5 Å². The van der Waals surface area contributed by atoms with Crippen molar-refractivity contribution in [2.24, 2.45) is 5.73 Å². The van der Waals surface area contributed by atoms with Gasteiger partial charge in [0, 0.05) is 30.5 Å². The molecule has 20 heavy (non-hydrogen) atoms. The van der Waals surface area contributed by atoms with Gasteiger partial charge < -0.3 is 5.73 Å². The van der Waals surface area contributed by atoms with Crippen LogP contribution in [0, 0.1) is 13.8 Å². The largest absolute Gasteiger partial charge is 0.329 e. The first-order valence-electron chi connectivity index (χ1n) is 6.49. The Balaban J connectivity index is 0.00000200. The SMILES string of the molecule is Cc1cc(C)nc(S(=O)(=O)N2CCCCC2CN)n1.Cl. The summed E-state index contributed by atoms with van der Waals surface area (Å²) < 4.78 is 26.7. The Labute approximate surface area is 126 Å². The maximum absolute atomic E-state index is 12.6. The van der Waals surface area contributed by atoms with Gasteiger partial charge in [-0.25, -0.2) is 18.4 Å². The minimum absolute atomic E-state index is 0. The third-order valence-corrected chi connectivity index (χ3v) is 5.09. The number of hydrogen-bond acceptors (Lipinski definition) is 5. The Morgan fingerprint density at radius 1 is 1.30 bits per heavy atom. The predicted octanol–water partition coefficient (Wildman–Crippen LogP) is 1.02. The van der Waals surface area contributed by atoms with E-state index in [2.05, 4.69) is 9.97 Å². The maximum atomic E-state index is 12.6. The fourth-order valence-electron chi connectivity index (χ4n) is 2.44. The highest BCUT2D eigenvalue weighted by Gasteiger charge is 2.34. The summed E-state index contributed by atoms with van der Waals surface area (Å²) in [6.45, 7) is 4.37. The molecule has 2 heterocycles. The van der Waals surface area contributed by atoms with Gasteiger partial charge in [-0.2, -0.15) is 4.31 Å². The molecule has 1 saturated heterocycles. The summed E-state index contributed by atoms with van der Waals surface area (Å²) in [4.78, 5) is 8.14. The molecule has 1 aromatic rings. The Kier molecular flexibility index (Phi) is 5.88. The molecule has 0 aliphatic carbocycles. The molecule has 6 nitrogen and oxygen atoms in total. The van der Waals surface area contributed by atoms with E-state index in [0.717, 1.165) is 19.3 Å². The van der Waals surface area contributed by atoms with Crippen molar-refractivity contribution in [3.8, 4) is 0 Å². The first kappa shape index (κ1) is 17.3. The number of nitrogens with two attached hydrogens (primary N) is 1. The zero-order chi connectivity index (χ0) is 14.0. The molecule has 1 aromatic heterocycles. The zero-order valence-electron chi connectivity index (χ0n) is 11.7. The van der Waals surface area contributed by atoms with Gasteiger partial charge in [-0.1, -0.05) is 6.42 Å². The van der Waals surface area contributed by atoms with Gasteiger partial charge in [0.2, 0.25) is 0 Å². The maximum Gasteiger partial charge on any atom is 0.279 e. The Morgan fingerprint density at radius 3 is 2.45 bits per heavy atom. The fourth-order valence-corrected chi connectivity index (χ4v) is 4.12. The number of nitrogens with zero attached hydrogens (tertiary/aromatic N) is 3. The van der Waals surface area contributed by atoms with E-state index < -0.39 is 10.0 Å². The van der Waals surface area contributed by atoms with Crippen LogP contribution in [-0.4, -0.2) is 41.8 Å². The molecule has 114 valence electrons. The fraction of sp³-hybridized carbons (Fsp3) is 0.667. The van der Waals surface area contributed by atoms with E-state index in [1.807, 2.05) is 0 Å². The van der Waals surface area contributed by atoms with E-state index in [1.54, 1.807) is 19.9 Å². The topological polar surface area (TPSA) is 89.2 Å². The van der Waals surface area contributed by atoms with Crippen LogP contribution in [0.25, 0.3) is 0 Å². The molecule has 1 fully saturated rings. The lowest BCUT2D eigenvalue weighted by molar-refractivity contribution is 0.256. The van der Waals surface area contributed by atoms with Crippen molar-refractivity contribution < 1.29 is 8.42 Å². The van der Waals surface area contributed by atoms with Crippen molar-refractivity contribution in [2.75, 3.05) is 13.1 Å². The van der Waals surface area contributed by atoms with Gasteiger partial charge in [0.05, 0.1) is 0 Å². The molecule has 1 aliphatic rings. The molecule has 0 aromatic carbocycles. The van der Waals surface area contributed by atoms with Gasteiger partial charge in [0.25, 0.3) is 15.2 Å². The van der Waals surface area contributed by atoms with Gasteiger partial charge in [-0.15, -0.1) is 12.4 Å². The number of halogens is 1. The van der Waals surface area contributed by atoms with Crippen LogP contribution in [0.1, 0.15) is 30.7 Å². The number of aryl methyl sites for hydroxylation is 2. The molecule has 0 spiro atoms. The van der Waals surface area contributed by atoms with Gasteiger partial charge in [0.15, 0.2) is 0 Å². The molecule has 0 saturated carbocycles. The van der Waals surface area contributed by atoms with E-state index in [9.17, 15) is 8.42 Å². The average molecular weight is 321 g/mol. The minimum Gasteiger partial charge on any atom is -0.329 e.